The third-order valence-corrected chi connectivity index (χ3v) is 3.33. The van der Waals surface area contributed by atoms with E-state index in [0.29, 0.717) is 4.47 Å². The van der Waals surface area contributed by atoms with E-state index in [4.69, 9.17) is 11.6 Å². The lowest BCUT2D eigenvalue weighted by molar-refractivity contribution is -0.139. The highest BCUT2D eigenvalue weighted by atomic mass is 35.5. The number of carbonyl (C=O) groups is 1. The first-order chi connectivity index (χ1) is 8.19. The Hall–Kier alpha value is -1.39. The number of hydrogen-bond acceptors (Lipinski definition) is 4. The van der Waals surface area contributed by atoms with E-state index < -0.39 is 0 Å². The molecule has 0 saturated carbocycles. The predicted molar refractivity (Wildman–Crippen MR) is 70.3 cm³/mol. The largest absolute Gasteiger partial charge is 0.469 e. The monoisotopic (exact) mass is 267 g/mol. The van der Waals surface area contributed by atoms with E-state index in [2.05, 4.69) is 9.72 Å². The molecule has 0 spiro atoms. The van der Waals surface area contributed by atoms with Crippen molar-refractivity contribution in [3.8, 4) is 0 Å². The molecule has 0 N–H and O–H groups in total. The van der Waals surface area contributed by atoms with E-state index in [1.54, 1.807) is 6.08 Å². The van der Waals surface area contributed by atoms with E-state index in [1.165, 1.54) is 18.4 Å². The molecule has 2 rings (SSSR count). The summed E-state index contributed by atoms with van der Waals surface area (Å²) in [5.41, 5.74) is 1.91. The van der Waals surface area contributed by atoms with Gasteiger partial charge in [-0.15, -0.1) is 11.3 Å². The summed E-state index contributed by atoms with van der Waals surface area (Å²) in [6.07, 6.45) is 3.93. The summed E-state index contributed by atoms with van der Waals surface area (Å²) >= 11 is 7.27. The van der Waals surface area contributed by atoms with Gasteiger partial charge >= 0.3 is 5.97 Å². The first kappa shape index (κ1) is 12.1. The van der Waals surface area contributed by atoms with Crippen LogP contribution in [-0.2, 0) is 9.53 Å². The maximum atomic E-state index is 10.9. The number of esters is 1. The number of halogens is 1. The first-order valence-corrected chi connectivity index (χ1v) is 6.18. The number of rotatable bonds is 3. The van der Waals surface area contributed by atoms with Gasteiger partial charge in [0.15, 0.2) is 4.47 Å². The average Bonchev–Trinajstić information content (AvgIpc) is 2.68. The van der Waals surface area contributed by atoms with Crippen molar-refractivity contribution in [2.75, 3.05) is 7.11 Å². The number of carbonyl (C=O) groups excluding carboxylic acids is 1. The molecule has 0 radical (unpaired) electrons. The highest BCUT2D eigenvalue weighted by molar-refractivity contribution is 7.22. The Balaban J connectivity index is 2.16. The number of aromatic nitrogens is 1. The molecule has 0 bridgehead atoms. The lowest BCUT2D eigenvalue weighted by Gasteiger charge is -1.94. The van der Waals surface area contributed by atoms with Crippen molar-refractivity contribution in [1.82, 2.24) is 4.98 Å². The zero-order chi connectivity index (χ0) is 12.3. The number of benzene rings is 1. The summed E-state index contributed by atoms with van der Waals surface area (Å²) in [6, 6.07) is 5.84. The molecule has 0 atom stereocenters. The molecule has 17 heavy (non-hydrogen) atoms. The van der Waals surface area contributed by atoms with E-state index in [1.807, 2.05) is 24.3 Å². The molecule has 0 saturated heterocycles. The van der Waals surface area contributed by atoms with Crippen molar-refractivity contribution in [2.24, 2.45) is 0 Å². The highest BCUT2D eigenvalue weighted by Crippen LogP contribution is 2.26. The fourth-order valence-electron chi connectivity index (χ4n) is 1.39. The normalized spacial score (nSPS) is 11.2. The number of ether oxygens (including phenoxy) is 1. The maximum Gasteiger partial charge on any atom is 0.309 e. The quantitative estimate of drug-likeness (QED) is 0.799. The van der Waals surface area contributed by atoms with Crippen molar-refractivity contribution < 1.29 is 9.53 Å². The molecular formula is C12H10ClNO2S. The summed E-state index contributed by atoms with van der Waals surface area (Å²) in [7, 11) is 1.38. The van der Waals surface area contributed by atoms with Crippen LogP contribution < -0.4 is 0 Å². The van der Waals surface area contributed by atoms with Crippen LogP contribution in [0.25, 0.3) is 16.3 Å². The molecule has 5 heteroatoms. The molecule has 0 amide bonds. The minimum Gasteiger partial charge on any atom is -0.469 e. The minimum absolute atomic E-state index is 0.247. The smallest absolute Gasteiger partial charge is 0.309 e. The van der Waals surface area contributed by atoms with Crippen LogP contribution in [-0.4, -0.2) is 18.1 Å². The van der Waals surface area contributed by atoms with E-state index in [0.717, 1.165) is 15.8 Å². The summed E-state index contributed by atoms with van der Waals surface area (Å²) in [5, 5.41) is 0. The van der Waals surface area contributed by atoms with E-state index in [-0.39, 0.29) is 12.4 Å². The lowest BCUT2D eigenvalue weighted by atomic mass is 10.2. The molecule has 0 unspecified atom stereocenters. The van der Waals surface area contributed by atoms with Crippen LogP contribution >= 0.6 is 22.9 Å². The number of hydrogen-bond donors (Lipinski definition) is 0. The molecule has 0 fully saturated rings. The summed E-state index contributed by atoms with van der Waals surface area (Å²) in [4.78, 5) is 15.1. The van der Waals surface area contributed by atoms with Gasteiger partial charge in [-0.2, -0.15) is 0 Å². The fraction of sp³-hybridized carbons (Fsp3) is 0.167. The Morgan fingerprint density at radius 3 is 3.18 bits per heavy atom. The third-order valence-electron chi connectivity index (χ3n) is 2.21. The van der Waals surface area contributed by atoms with Gasteiger partial charge in [-0.05, 0) is 17.7 Å². The third kappa shape index (κ3) is 3.05. The zero-order valence-electron chi connectivity index (χ0n) is 9.14. The molecule has 0 aliphatic carbocycles. The molecule has 88 valence electrons. The van der Waals surface area contributed by atoms with Gasteiger partial charge in [0.05, 0.1) is 23.7 Å². The van der Waals surface area contributed by atoms with Gasteiger partial charge in [0.25, 0.3) is 0 Å². The van der Waals surface area contributed by atoms with Crippen LogP contribution in [0.3, 0.4) is 0 Å². The van der Waals surface area contributed by atoms with Gasteiger partial charge in [-0.1, -0.05) is 29.8 Å². The van der Waals surface area contributed by atoms with Gasteiger partial charge < -0.3 is 4.74 Å². The molecule has 0 aliphatic heterocycles. The van der Waals surface area contributed by atoms with Crippen LogP contribution in [0, 0.1) is 0 Å². The second-order valence-electron chi connectivity index (χ2n) is 3.38. The standard InChI is InChI=1S/C12H10ClNO2S/c1-16-11(15)4-2-3-8-5-6-9-10(7-8)17-12(13)14-9/h2-3,5-7H,4H2,1H3. The Morgan fingerprint density at radius 1 is 1.59 bits per heavy atom. The Kier molecular flexibility index (Phi) is 3.76. The second kappa shape index (κ2) is 5.29. The van der Waals surface area contributed by atoms with Crippen LogP contribution in [0.1, 0.15) is 12.0 Å². The fourth-order valence-corrected chi connectivity index (χ4v) is 2.47. The molecule has 1 heterocycles. The SMILES string of the molecule is COC(=O)CC=Cc1ccc2nc(Cl)sc2c1. The molecule has 2 aromatic rings. The van der Waals surface area contributed by atoms with Gasteiger partial charge in [0.2, 0.25) is 0 Å². The molecule has 1 aromatic carbocycles. The van der Waals surface area contributed by atoms with Gasteiger partial charge in [0.1, 0.15) is 0 Å². The van der Waals surface area contributed by atoms with Crippen molar-refractivity contribution in [1.29, 1.82) is 0 Å². The van der Waals surface area contributed by atoms with Crippen molar-refractivity contribution in [3.63, 3.8) is 0 Å². The maximum absolute atomic E-state index is 10.9. The summed E-state index contributed by atoms with van der Waals surface area (Å²) < 4.78 is 6.12. The Morgan fingerprint density at radius 2 is 2.41 bits per heavy atom. The van der Waals surface area contributed by atoms with Gasteiger partial charge in [-0.3, -0.25) is 4.79 Å². The summed E-state index contributed by atoms with van der Waals surface area (Å²) in [5.74, 6) is -0.247. The van der Waals surface area contributed by atoms with Gasteiger partial charge in [0, 0.05) is 0 Å². The first-order valence-electron chi connectivity index (χ1n) is 4.98. The van der Waals surface area contributed by atoms with Crippen LogP contribution in [0.2, 0.25) is 4.47 Å². The van der Waals surface area contributed by atoms with Crippen molar-refractivity contribution >= 4 is 45.2 Å². The second-order valence-corrected chi connectivity index (χ2v) is 4.99. The predicted octanol–water partition coefficient (Wildman–Crippen LogP) is 3.53. The number of methoxy groups -OCH3 is 1. The van der Waals surface area contributed by atoms with E-state index >= 15 is 0 Å². The Labute approximate surface area is 108 Å². The van der Waals surface area contributed by atoms with Crippen LogP contribution in [0.15, 0.2) is 24.3 Å². The van der Waals surface area contributed by atoms with E-state index in [9.17, 15) is 4.79 Å². The molecular weight excluding hydrogens is 258 g/mol. The topological polar surface area (TPSA) is 39.2 Å². The number of fused-ring (bicyclic) bond motifs is 1. The van der Waals surface area contributed by atoms with Crippen LogP contribution in [0.4, 0.5) is 0 Å². The highest BCUT2D eigenvalue weighted by Gasteiger charge is 2.01. The van der Waals surface area contributed by atoms with Crippen molar-refractivity contribution in [3.05, 3.63) is 34.3 Å². The minimum atomic E-state index is -0.247. The molecule has 0 aliphatic rings. The van der Waals surface area contributed by atoms with Crippen LogP contribution in [0.5, 0.6) is 0 Å². The molecule has 1 aromatic heterocycles. The molecule has 3 nitrogen and oxygen atoms in total. The average molecular weight is 268 g/mol. The number of nitrogens with zero attached hydrogens (tertiary/aromatic N) is 1. The summed E-state index contributed by atoms with van der Waals surface area (Å²) in [6.45, 7) is 0. The zero-order valence-corrected chi connectivity index (χ0v) is 10.7. The Bertz CT molecular complexity index is 577. The lowest BCUT2D eigenvalue weighted by Crippen LogP contribution is -1.96. The number of thiazole rings is 1. The van der Waals surface area contributed by atoms with Gasteiger partial charge in [-0.25, -0.2) is 4.98 Å². The van der Waals surface area contributed by atoms with Crippen molar-refractivity contribution in [2.45, 2.75) is 6.42 Å².